The van der Waals surface area contributed by atoms with Crippen LogP contribution in [-0.4, -0.2) is 6.71 Å². The minimum Gasteiger partial charge on any atom is -0.464 e. The highest BCUT2D eigenvalue weighted by Gasteiger charge is 2.48. The van der Waals surface area contributed by atoms with E-state index in [-0.39, 0.29) is 17.5 Å². The third kappa shape index (κ3) is 7.24. The molecule has 7 heteroatoms. The first-order valence-electron chi connectivity index (χ1n) is 27.1. The van der Waals surface area contributed by atoms with Crippen LogP contribution in [0.25, 0.3) is 86.6 Å². The average molecular weight is 1040 g/mol. The Hall–Kier alpha value is -8.36. The van der Waals surface area contributed by atoms with E-state index in [1.807, 2.05) is 47.3 Å². The molecule has 376 valence electrons. The zero-order chi connectivity index (χ0) is 52.8. The largest absolute Gasteiger partial charge is 0.464 e. The summed E-state index contributed by atoms with van der Waals surface area (Å²) in [6, 6.07) is 72.3. The van der Waals surface area contributed by atoms with Crippen molar-refractivity contribution in [2.45, 2.75) is 59.3 Å². The molecule has 4 aromatic heterocycles. The Balaban J connectivity index is 1.06. The normalized spacial score (nSPS) is 13.2. The highest BCUT2D eigenvalue weighted by molar-refractivity contribution is 7.40. The number of fused-ring (bicyclic) bond motifs is 10. The molecule has 0 radical (unpaired) electrons. The van der Waals surface area contributed by atoms with Crippen LogP contribution in [0.15, 0.2) is 215 Å². The van der Waals surface area contributed by atoms with Crippen molar-refractivity contribution in [3.8, 4) is 44.5 Å². The van der Waals surface area contributed by atoms with E-state index >= 15 is 0 Å². The summed E-state index contributed by atoms with van der Waals surface area (Å²) in [6.45, 7) is 16.3. The lowest BCUT2D eigenvalue weighted by molar-refractivity contribution is 0.591. The van der Waals surface area contributed by atoms with Crippen LogP contribution in [0, 0.1) is 6.92 Å². The molecule has 0 aliphatic carbocycles. The fraction of sp³-hybridized carbons (Fsp3) is 0.127. The summed E-state index contributed by atoms with van der Waals surface area (Å²) < 4.78 is 17.7. The summed E-state index contributed by atoms with van der Waals surface area (Å²) >= 11 is 3.94. The van der Waals surface area contributed by atoms with Gasteiger partial charge in [-0.25, -0.2) is 0 Å². The first-order chi connectivity index (χ1) is 37.9. The number of furan rings is 2. The number of hydrogen-bond donors (Lipinski definition) is 0. The number of hydrogen-bond acceptors (Lipinski definition) is 6. The standard InChI is InChI=1S/C71H55BN2O2S2/c1-42-34-59-65-60(35-42)74(58-31-27-46(37-52(58)44-20-12-9-13-21-44)56-41-76-62-25-17-15-23-50(56)62)67-54-39-48(71(5,6)7)29-33-64(54)78-69(67)72(65)68-66(53-38-47(70(2,3)4)28-32-63(53)77-68)73(59)57-30-26-45(36-51(57)43-18-10-8-11-19-43)55-40-75-61-24-16-14-22-49(55)61/h8-41H,1-7H3. The van der Waals surface area contributed by atoms with E-state index in [1.165, 1.54) is 74.6 Å². The Morgan fingerprint density at radius 2 is 0.808 bits per heavy atom. The molecular formula is C71H55BN2O2S2. The molecule has 0 saturated carbocycles. The van der Waals surface area contributed by atoms with Crippen molar-refractivity contribution in [3.63, 3.8) is 0 Å². The van der Waals surface area contributed by atoms with Crippen molar-refractivity contribution < 1.29 is 8.83 Å². The van der Waals surface area contributed by atoms with Crippen LogP contribution in [0.3, 0.4) is 0 Å². The second-order valence-corrected chi connectivity index (χ2v) is 25.5. The first kappa shape index (κ1) is 46.9. The van der Waals surface area contributed by atoms with Crippen molar-refractivity contribution >= 4 is 121 Å². The van der Waals surface area contributed by atoms with Crippen molar-refractivity contribution in [2.24, 2.45) is 0 Å². The third-order valence-corrected chi connectivity index (χ3v) is 18.8. The van der Waals surface area contributed by atoms with Crippen LogP contribution < -0.4 is 24.8 Å². The maximum Gasteiger partial charge on any atom is 0.277 e. The van der Waals surface area contributed by atoms with E-state index in [4.69, 9.17) is 8.83 Å². The van der Waals surface area contributed by atoms with Crippen LogP contribution in [-0.2, 0) is 10.8 Å². The molecule has 6 heterocycles. The fourth-order valence-corrected chi connectivity index (χ4v) is 15.1. The van der Waals surface area contributed by atoms with Gasteiger partial charge in [0.15, 0.2) is 0 Å². The minimum atomic E-state index is -0.0557. The molecule has 0 bridgehead atoms. The van der Waals surface area contributed by atoms with Crippen LogP contribution in [0.5, 0.6) is 0 Å². The SMILES string of the molecule is Cc1cc2c3c(c1)N(c1ccc(-c4coc5ccccc45)cc1-c1ccccc1)c1c(sc4ccc(C(C)(C)C)cc14)B3c1sc3ccc(C(C)(C)C)cc3c1N2c1ccc(-c2coc3ccccc23)cc1-c1ccccc1. The Bertz CT molecular complexity index is 4280. The third-order valence-electron chi connectivity index (χ3n) is 16.4. The molecule has 9 aromatic carbocycles. The van der Waals surface area contributed by atoms with Gasteiger partial charge >= 0.3 is 0 Å². The van der Waals surface area contributed by atoms with E-state index in [0.29, 0.717) is 0 Å². The van der Waals surface area contributed by atoms with Crippen LogP contribution in [0.1, 0.15) is 58.2 Å². The molecule has 13 aromatic rings. The summed E-state index contributed by atoms with van der Waals surface area (Å²) in [5, 5.41) is 4.78. The summed E-state index contributed by atoms with van der Waals surface area (Å²) in [6.07, 6.45) is 3.84. The van der Waals surface area contributed by atoms with Gasteiger partial charge in [0.25, 0.3) is 6.71 Å². The van der Waals surface area contributed by atoms with Crippen molar-refractivity contribution in [3.05, 3.63) is 223 Å². The van der Waals surface area contributed by atoms with Crippen molar-refractivity contribution in [1.29, 1.82) is 0 Å². The molecule has 0 fully saturated rings. The van der Waals surface area contributed by atoms with E-state index in [0.717, 1.165) is 77.8 Å². The van der Waals surface area contributed by atoms with Gasteiger partial charge in [0.05, 0.1) is 35.3 Å². The lowest BCUT2D eigenvalue weighted by atomic mass is 9.39. The average Bonchev–Trinajstić information content (AvgIpc) is 3.35. The quantitative estimate of drug-likeness (QED) is 0.155. The number of anilines is 6. The number of aryl methyl sites for hydroxylation is 1. The van der Waals surface area contributed by atoms with E-state index in [2.05, 4.69) is 240 Å². The van der Waals surface area contributed by atoms with Crippen molar-refractivity contribution in [2.75, 3.05) is 9.80 Å². The molecule has 0 amide bonds. The van der Waals surface area contributed by atoms with Gasteiger partial charge in [-0.15, -0.1) is 22.7 Å². The summed E-state index contributed by atoms with van der Waals surface area (Å²) in [5.41, 5.74) is 23.0. The summed E-state index contributed by atoms with van der Waals surface area (Å²) in [5.74, 6) is 0. The Morgan fingerprint density at radius 3 is 1.24 bits per heavy atom. The molecule has 15 rings (SSSR count). The molecule has 2 aliphatic rings. The number of para-hydroxylation sites is 2. The smallest absolute Gasteiger partial charge is 0.277 e. The topological polar surface area (TPSA) is 32.8 Å². The van der Waals surface area contributed by atoms with Gasteiger partial charge in [-0.1, -0.05) is 163 Å². The van der Waals surface area contributed by atoms with Gasteiger partial charge in [-0.05, 0) is 135 Å². The van der Waals surface area contributed by atoms with Gasteiger partial charge in [0.2, 0.25) is 0 Å². The lowest BCUT2D eigenvalue weighted by Gasteiger charge is -2.43. The monoisotopic (exact) mass is 1040 g/mol. The van der Waals surface area contributed by atoms with Gasteiger partial charge < -0.3 is 18.6 Å². The fourth-order valence-electron chi connectivity index (χ4n) is 12.4. The molecule has 0 N–H and O–H groups in total. The predicted octanol–water partition coefficient (Wildman–Crippen LogP) is 19.3. The lowest BCUT2D eigenvalue weighted by Crippen LogP contribution is -2.59. The van der Waals surface area contributed by atoms with E-state index in [1.54, 1.807) is 0 Å². The zero-order valence-electron chi connectivity index (χ0n) is 44.7. The van der Waals surface area contributed by atoms with Gasteiger partial charge in [-0.2, -0.15) is 0 Å². The second kappa shape index (κ2) is 17.3. The molecule has 2 aliphatic heterocycles. The predicted molar refractivity (Wildman–Crippen MR) is 335 cm³/mol. The van der Waals surface area contributed by atoms with Gasteiger partial charge in [-0.3, -0.25) is 0 Å². The molecule has 0 atom stereocenters. The number of thiophene rings is 2. The minimum absolute atomic E-state index is 0.0347. The Kier molecular flexibility index (Phi) is 10.4. The zero-order valence-corrected chi connectivity index (χ0v) is 46.4. The highest BCUT2D eigenvalue weighted by atomic mass is 32.1. The summed E-state index contributed by atoms with van der Waals surface area (Å²) in [4.78, 5) is 5.31. The van der Waals surface area contributed by atoms with Crippen LogP contribution in [0.2, 0.25) is 0 Å². The summed E-state index contributed by atoms with van der Waals surface area (Å²) in [7, 11) is 0. The number of benzene rings is 9. The van der Waals surface area contributed by atoms with Crippen LogP contribution >= 0.6 is 22.7 Å². The molecule has 78 heavy (non-hydrogen) atoms. The molecule has 0 saturated heterocycles. The van der Waals surface area contributed by atoms with E-state index in [9.17, 15) is 0 Å². The first-order valence-corrected chi connectivity index (χ1v) is 28.7. The molecular weight excluding hydrogens is 988 g/mol. The Morgan fingerprint density at radius 1 is 0.385 bits per heavy atom. The Labute approximate surface area is 463 Å². The van der Waals surface area contributed by atoms with Crippen molar-refractivity contribution in [1.82, 2.24) is 0 Å². The molecule has 4 nitrogen and oxygen atoms in total. The highest BCUT2D eigenvalue weighted by Crippen LogP contribution is 2.55. The number of rotatable bonds is 6. The maximum atomic E-state index is 6.20. The van der Waals surface area contributed by atoms with Gasteiger partial charge in [0.1, 0.15) is 11.2 Å². The molecule has 0 spiro atoms. The second-order valence-electron chi connectivity index (χ2n) is 23.4. The van der Waals surface area contributed by atoms with Gasteiger partial charge in [0, 0.05) is 74.1 Å². The van der Waals surface area contributed by atoms with Crippen LogP contribution in [0.4, 0.5) is 34.1 Å². The maximum absolute atomic E-state index is 6.20. The molecule has 0 unspecified atom stereocenters. The van der Waals surface area contributed by atoms with E-state index < -0.39 is 0 Å². The number of nitrogens with zero attached hydrogens (tertiary/aromatic N) is 2.